The molecule has 0 spiro atoms. The minimum absolute atomic E-state index is 0.223. The van der Waals surface area contributed by atoms with Gasteiger partial charge in [-0.05, 0) is 37.4 Å². The lowest BCUT2D eigenvalue weighted by Crippen LogP contribution is -2.31. The Balaban J connectivity index is 1.50. The van der Waals surface area contributed by atoms with Gasteiger partial charge in [-0.25, -0.2) is 4.98 Å². The number of thioether (sulfide) groups is 1. The number of fused-ring (bicyclic) bond motifs is 1. The van der Waals surface area contributed by atoms with Gasteiger partial charge in [0.1, 0.15) is 5.65 Å². The maximum atomic E-state index is 12.2. The van der Waals surface area contributed by atoms with E-state index < -0.39 is 0 Å². The summed E-state index contributed by atoms with van der Waals surface area (Å²) in [6.45, 7) is 4.42. The predicted molar refractivity (Wildman–Crippen MR) is 89.8 cm³/mol. The number of carbonyl (C=O) groups excluding carboxylic acids is 1. The number of likely N-dealkylation sites (tertiary alicyclic amines) is 1. The third-order valence-corrected chi connectivity index (χ3v) is 5.05. The van der Waals surface area contributed by atoms with Crippen LogP contribution in [-0.4, -0.2) is 45.6 Å². The SMILES string of the molecule is Cc1ccc2nc(CSCC(=O)N3CCC(CN)C3)cn2c1. The molecule has 0 aliphatic carbocycles. The van der Waals surface area contributed by atoms with E-state index >= 15 is 0 Å². The van der Waals surface area contributed by atoms with Crippen LogP contribution in [0.4, 0.5) is 0 Å². The van der Waals surface area contributed by atoms with Crippen LogP contribution in [0.15, 0.2) is 24.5 Å². The van der Waals surface area contributed by atoms with Gasteiger partial charge < -0.3 is 15.0 Å². The Bertz CT molecular complexity index is 669. The van der Waals surface area contributed by atoms with Crippen LogP contribution in [0.2, 0.25) is 0 Å². The smallest absolute Gasteiger partial charge is 0.232 e. The van der Waals surface area contributed by atoms with Gasteiger partial charge in [0.15, 0.2) is 0 Å². The van der Waals surface area contributed by atoms with Crippen molar-refractivity contribution in [3.05, 3.63) is 35.8 Å². The van der Waals surface area contributed by atoms with Crippen LogP contribution in [0.25, 0.3) is 5.65 Å². The van der Waals surface area contributed by atoms with Crippen molar-refractivity contribution in [3.63, 3.8) is 0 Å². The molecule has 0 bridgehead atoms. The number of aromatic nitrogens is 2. The Morgan fingerprint density at radius 3 is 3.09 bits per heavy atom. The molecule has 0 radical (unpaired) electrons. The van der Waals surface area contributed by atoms with Crippen molar-refractivity contribution in [3.8, 4) is 0 Å². The number of aryl methyl sites for hydroxylation is 1. The largest absolute Gasteiger partial charge is 0.342 e. The summed E-state index contributed by atoms with van der Waals surface area (Å²) in [5, 5.41) is 0. The minimum atomic E-state index is 0.223. The summed E-state index contributed by atoms with van der Waals surface area (Å²) in [6.07, 6.45) is 5.15. The number of imidazole rings is 1. The highest BCUT2D eigenvalue weighted by Gasteiger charge is 2.24. The standard InChI is InChI=1S/C16H22N4OS/c1-12-2-3-15-18-14(9-20(15)7-12)10-22-11-16(21)19-5-4-13(6-17)8-19/h2-3,7,9,13H,4-6,8,10-11,17H2,1H3. The molecular weight excluding hydrogens is 296 g/mol. The lowest BCUT2D eigenvalue weighted by Gasteiger charge is -2.15. The number of amides is 1. The van der Waals surface area contributed by atoms with Crippen molar-refractivity contribution in [1.82, 2.24) is 14.3 Å². The second-order valence-corrected chi connectivity index (χ2v) is 6.91. The molecule has 3 heterocycles. The van der Waals surface area contributed by atoms with Crippen LogP contribution in [0, 0.1) is 12.8 Å². The van der Waals surface area contributed by atoms with Crippen molar-refractivity contribution in [1.29, 1.82) is 0 Å². The highest BCUT2D eigenvalue weighted by molar-refractivity contribution is 7.99. The van der Waals surface area contributed by atoms with E-state index in [0.29, 0.717) is 18.2 Å². The topological polar surface area (TPSA) is 63.6 Å². The van der Waals surface area contributed by atoms with Crippen molar-refractivity contribution in [2.45, 2.75) is 19.1 Å². The van der Waals surface area contributed by atoms with Crippen molar-refractivity contribution < 1.29 is 4.79 Å². The van der Waals surface area contributed by atoms with Crippen LogP contribution < -0.4 is 5.73 Å². The van der Waals surface area contributed by atoms with Gasteiger partial charge in [0.05, 0.1) is 11.4 Å². The second kappa shape index (κ2) is 6.71. The molecule has 1 saturated heterocycles. The Morgan fingerprint density at radius 2 is 2.32 bits per heavy atom. The molecule has 1 unspecified atom stereocenters. The molecule has 0 aromatic carbocycles. The summed E-state index contributed by atoms with van der Waals surface area (Å²) in [6, 6.07) is 4.08. The molecule has 2 aromatic heterocycles. The van der Waals surface area contributed by atoms with Gasteiger partial charge >= 0.3 is 0 Å². The van der Waals surface area contributed by atoms with Gasteiger partial charge in [-0.2, -0.15) is 0 Å². The summed E-state index contributed by atoms with van der Waals surface area (Å²) >= 11 is 1.63. The third-order valence-electron chi connectivity index (χ3n) is 4.10. The average Bonchev–Trinajstić information content (AvgIpc) is 3.12. The van der Waals surface area contributed by atoms with Crippen LogP contribution in [0.1, 0.15) is 17.7 Å². The minimum Gasteiger partial charge on any atom is -0.342 e. The third kappa shape index (κ3) is 3.44. The number of rotatable bonds is 5. The Kier molecular flexibility index (Phi) is 4.69. The number of nitrogens with two attached hydrogens (primary N) is 1. The first-order valence-electron chi connectivity index (χ1n) is 7.65. The van der Waals surface area contributed by atoms with Crippen LogP contribution in [-0.2, 0) is 10.5 Å². The number of pyridine rings is 1. The van der Waals surface area contributed by atoms with E-state index in [1.165, 1.54) is 5.56 Å². The quantitative estimate of drug-likeness (QED) is 0.911. The maximum absolute atomic E-state index is 12.2. The lowest BCUT2D eigenvalue weighted by molar-refractivity contribution is -0.127. The van der Waals surface area contributed by atoms with E-state index in [2.05, 4.69) is 24.2 Å². The van der Waals surface area contributed by atoms with Crippen LogP contribution in [0.5, 0.6) is 0 Å². The van der Waals surface area contributed by atoms with Crippen molar-refractivity contribution in [2.75, 3.05) is 25.4 Å². The first-order chi connectivity index (χ1) is 10.7. The Labute approximate surface area is 134 Å². The first-order valence-corrected chi connectivity index (χ1v) is 8.81. The molecule has 2 aromatic rings. The number of hydrogen-bond acceptors (Lipinski definition) is 4. The van der Waals surface area contributed by atoms with E-state index in [9.17, 15) is 4.79 Å². The molecule has 1 atom stereocenters. The van der Waals surface area contributed by atoms with Crippen molar-refractivity contribution in [2.24, 2.45) is 11.7 Å². The zero-order valence-electron chi connectivity index (χ0n) is 12.9. The molecule has 2 N–H and O–H groups in total. The Hall–Kier alpha value is -1.53. The molecule has 3 rings (SSSR count). The molecule has 22 heavy (non-hydrogen) atoms. The second-order valence-electron chi connectivity index (χ2n) is 5.93. The fourth-order valence-corrected chi connectivity index (χ4v) is 3.62. The Morgan fingerprint density at radius 1 is 1.45 bits per heavy atom. The van der Waals surface area contributed by atoms with E-state index in [1.807, 2.05) is 21.6 Å². The molecule has 118 valence electrons. The number of carbonyl (C=O) groups is 1. The van der Waals surface area contributed by atoms with Gasteiger partial charge in [0, 0.05) is 31.2 Å². The zero-order valence-corrected chi connectivity index (χ0v) is 13.7. The van der Waals surface area contributed by atoms with Crippen LogP contribution >= 0.6 is 11.8 Å². The zero-order chi connectivity index (χ0) is 15.5. The molecule has 1 aliphatic heterocycles. The van der Waals surface area contributed by atoms with E-state index in [0.717, 1.165) is 36.6 Å². The molecule has 0 saturated carbocycles. The highest BCUT2D eigenvalue weighted by Crippen LogP contribution is 2.18. The van der Waals surface area contributed by atoms with E-state index in [4.69, 9.17) is 5.73 Å². The summed E-state index contributed by atoms with van der Waals surface area (Å²) in [5.74, 6) is 1.99. The fraction of sp³-hybridized carbons (Fsp3) is 0.500. The van der Waals surface area contributed by atoms with Gasteiger partial charge in [0.25, 0.3) is 0 Å². The summed E-state index contributed by atoms with van der Waals surface area (Å²) in [7, 11) is 0. The number of nitrogens with zero attached hydrogens (tertiary/aromatic N) is 3. The lowest BCUT2D eigenvalue weighted by atomic mass is 10.1. The predicted octanol–water partition coefficient (Wildman–Crippen LogP) is 1.68. The fourth-order valence-electron chi connectivity index (χ4n) is 2.81. The van der Waals surface area contributed by atoms with E-state index in [1.54, 1.807) is 11.8 Å². The molecule has 1 aliphatic rings. The van der Waals surface area contributed by atoms with E-state index in [-0.39, 0.29) is 5.91 Å². The normalized spacial score (nSPS) is 18.3. The maximum Gasteiger partial charge on any atom is 0.232 e. The van der Waals surface area contributed by atoms with Gasteiger partial charge in [-0.1, -0.05) is 6.07 Å². The monoisotopic (exact) mass is 318 g/mol. The molecule has 6 heteroatoms. The molecule has 1 amide bonds. The summed E-state index contributed by atoms with van der Waals surface area (Å²) in [4.78, 5) is 18.7. The summed E-state index contributed by atoms with van der Waals surface area (Å²) < 4.78 is 2.04. The van der Waals surface area contributed by atoms with Crippen molar-refractivity contribution >= 4 is 23.3 Å². The summed E-state index contributed by atoms with van der Waals surface area (Å²) in [5.41, 5.74) is 8.85. The van der Waals surface area contributed by atoms with Crippen LogP contribution in [0.3, 0.4) is 0 Å². The number of hydrogen-bond donors (Lipinski definition) is 1. The van der Waals surface area contributed by atoms with Gasteiger partial charge in [0.2, 0.25) is 5.91 Å². The molecule has 5 nitrogen and oxygen atoms in total. The molecule has 1 fully saturated rings. The average molecular weight is 318 g/mol. The highest BCUT2D eigenvalue weighted by atomic mass is 32.2. The van der Waals surface area contributed by atoms with Gasteiger partial charge in [-0.15, -0.1) is 11.8 Å². The van der Waals surface area contributed by atoms with Gasteiger partial charge in [-0.3, -0.25) is 4.79 Å². The molecular formula is C16H22N4OS. The first kappa shape index (κ1) is 15.4.